The minimum Gasteiger partial charge on any atom is -0.345 e. The van der Waals surface area contributed by atoms with E-state index in [1.165, 1.54) is 0 Å². The van der Waals surface area contributed by atoms with E-state index in [9.17, 15) is 4.79 Å². The molecule has 0 saturated carbocycles. The first-order valence-electron chi connectivity index (χ1n) is 2.98. The minimum atomic E-state index is -1.91. The van der Waals surface area contributed by atoms with Gasteiger partial charge in [0.2, 0.25) is 0 Å². The van der Waals surface area contributed by atoms with Crippen molar-refractivity contribution in [2.45, 2.75) is 9.83 Å². The first kappa shape index (κ1) is 12.6. The summed E-state index contributed by atoms with van der Waals surface area (Å²) in [5.74, 6) is -0.656. The van der Waals surface area contributed by atoms with Gasteiger partial charge in [0.05, 0.1) is 6.04 Å². The molecule has 1 N–H and O–H groups in total. The van der Waals surface area contributed by atoms with Crippen molar-refractivity contribution < 1.29 is 4.79 Å². The van der Waals surface area contributed by atoms with E-state index >= 15 is 0 Å². The normalized spacial score (nSPS) is 13.7. The molecule has 0 aromatic carbocycles. The third kappa shape index (κ3) is 4.55. The molecule has 0 unspecified atom stereocenters. The van der Waals surface area contributed by atoms with Gasteiger partial charge in [0, 0.05) is 5.33 Å². The first-order chi connectivity index (χ1) is 5.41. The van der Waals surface area contributed by atoms with E-state index in [2.05, 4.69) is 27.8 Å². The molecular weight excluding hydrogens is 288 g/mol. The zero-order valence-corrected chi connectivity index (χ0v) is 9.84. The lowest BCUT2D eigenvalue weighted by Gasteiger charge is -2.15. The Morgan fingerprint density at radius 3 is 2.42 bits per heavy atom. The quantitative estimate of drug-likeness (QED) is 0.629. The molecule has 6 heteroatoms. The molecule has 0 rings (SSSR count). The third-order valence-corrected chi connectivity index (χ3v) is 2.24. The molecule has 70 valence electrons. The van der Waals surface area contributed by atoms with Gasteiger partial charge in [-0.1, -0.05) is 56.8 Å². The average molecular weight is 295 g/mol. The predicted molar refractivity (Wildman–Crippen MR) is 56.2 cm³/mol. The van der Waals surface area contributed by atoms with Crippen molar-refractivity contribution >= 4 is 56.6 Å². The van der Waals surface area contributed by atoms with Crippen LogP contribution < -0.4 is 5.32 Å². The molecule has 12 heavy (non-hydrogen) atoms. The van der Waals surface area contributed by atoms with Gasteiger partial charge in [-0.05, 0) is 0 Å². The van der Waals surface area contributed by atoms with Gasteiger partial charge in [0.15, 0.2) is 0 Å². The highest BCUT2D eigenvalue weighted by molar-refractivity contribution is 9.09. The van der Waals surface area contributed by atoms with Gasteiger partial charge in [0.25, 0.3) is 9.70 Å². The fourth-order valence-corrected chi connectivity index (χ4v) is 1.00. The number of carbonyl (C=O) groups is 1. The first-order valence-corrected chi connectivity index (χ1v) is 5.23. The predicted octanol–water partition coefficient (Wildman–Crippen LogP) is 2.42. The molecular formula is C6H7BrCl3NO. The molecule has 0 spiro atoms. The molecule has 0 radical (unpaired) electrons. The summed E-state index contributed by atoms with van der Waals surface area (Å²) in [6.45, 7) is 3.49. The lowest BCUT2D eigenvalue weighted by Crippen LogP contribution is -2.41. The number of nitrogens with one attached hydrogen (secondary N) is 1. The maximum atomic E-state index is 11.0. The monoisotopic (exact) mass is 293 g/mol. The zero-order chi connectivity index (χ0) is 9.78. The zero-order valence-electron chi connectivity index (χ0n) is 5.99. The molecule has 1 amide bonds. The number of alkyl halides is 4. The Morgan fingerprint density at radius 2 is 2.17 bits per heavy atom. The van der Waals surface area contributed by atoms with Crippen molar-refractivity contribution in [3.8, 4) is 0 Å². The second kappa shape index (κ2) is 5.32. The fourth-order valence-electron chi connectivity index (χ4n) is 0.411. The van der Waals surface area contributed by atoms with Crippen LogP contribution in [0.3, 0.4) is 0 Å². The lowest BCUT2D eigenvalue weighted by atomic mass is 10.3. The van der Waals surface area contributed by atoms with Crippen LogP contribution in [0.5, 0.6) is 0 Å². The second-order valence-electron chi connectivity index (χ2n) is 1.97. The summed E-state index contributed by atoms with van der Waals surface area (Å²) in [6.07, 6.45) is 1.54. The topological polar surface area (TPSA) is 29.1 Å². The SMILES string of the molecule is C=C[C@H](CBr)NC(=O)C(Cl)(Cl)Cl. The van der Waals surface area contributed by atoms with Crippen molar-refractivity contribution in [2.75, 3.05) is 5.33 Å². The van der Waals surface area contributed by atoms with Crippen LogP contribution >= 0.6 is 50.7 Å². The van der Waals surface area contributed by atoms with E-state index in [1.807, 2.05) is 0 Å². The van der Waals surface area contributed by atoms with Gasteiger partial charge in [-0.25, -0.2) is 0 Å². The van der Waals surface area contributed by atoms with Crippen molar-refractivity contribution in [3.05, 3.63) is 12.7 Å². The van der Waals surface area contributed by atoms with Crippen molar-refractivity contribution in [2.24, 2.45) is 0 Å². The van der Waals surface area contributed by atoms with Crippen LogP contribution in [0.1, 0.15) is 0 Å². The molecule has 0 heterocycles. The van der Waals surface area contributed by atoms with Crippen LogP contribution in [-0.4, -0.2) is 21.1 Å². The average Bonchev–Trinajstić information content (AvgIpc) is 1.97. The van der Waals surface area contributed by atoms with Gasteiger partial charge in [0.1, 0.15) is 0 Å². The van der Waals surface area contributed by atoms with E-state index in [-0.39, 0.29) is 6.04 Å². The Labute approximate surface area is 94.4 Å². The smallest absolute Gasteiger partial charge is 0.272 e. The summed E-state index contributed by atoms with van der Waals surface area (Å²) >= 11 is 19.1. The molecule has 1 atom stereocenters. The van der Waals surface area contributed by atoms with Gasteiger partial charge < -0.3 is 5.32 Å². The van der Waals surface area contributed by atoms with E-state index in [1.54, 1.807) is 6.08 Å². The summed E-state index contributed by atoms with van der Waals surface area (Å²) in [7, 11) is 0. The lowest BCUT2D eigenvalue weighted by molar-refractivity contribution is -0.120. The largest absolute Gasteiger partial charge is 0.345 e. The summed E-state index contributed by atoms with van der Waals surface area (Å²) in [6, 6.07) is -0.229. The third-order valence-electron chi connectivity index (χ3n) is 1.02. The fraction of sp³-hybridized carbons (Fsp3) is 0.500. The Kier molecular flexibility index (Phi) is 5.57. The van der Waals surface area contributed by atoms with Crippen LogP contribution in [0.25, 0.3) is 0 Å². The number of amides is 1. The number of hydrogen-bond donors (Lipinski definition) is 1. The number of carbonyl (C=O) groups excluding carboxylic acids is 1. The summed E-state index contributed by atoms with van der Waals surface area (Å²) in [5.41, 5.74) is 0. The molecule has 0 bridgehead atoms. The van der Waals surface area contributed by atoms with E-state index in [0.717, 1.165) is 0 Å². The molecule has 2 nitrogen and oxygen atoms in total. The van der Waals surface area contributed by atoms with Crippen molar-refractivity contribution in [1.29, 1.82) is 0 Å². The maximum Gasteiger partial charge on any atom is 0.272 e. The van der Waals surface area contributed by atoms with Gasteiger partial charge >= 0.3 is 0 Å². The number of hydrogen-bond acceptors (Lipinski definition) is 1. The highest BCUT2D eigenvalue weighted by atomic mass is 79.9. The van der Waals surface area contributed by atoms with Crippen LogP contribution in [-0.2, 0) is 4.79 Å². The number of halogens is 4. The summed E-state index contributed by atoms with van der Waals surface area (Å²) in [5, 5.41) is 2.99. The molecule has 0 aliphatic heterocycles. The Morgan fingerprint density at radius 1 is 1.67 bits per heavy atom. The number of rotatable bonds is 3. The van der Waals surface area contributed by atoms with Gasteiger partial charge in [-0.2, -0.15) is 0 Å². The van der Waals surface area contributed by atoms with E-state index in [0.29, 0.717) is 5.33 Å². The van der Waals surface area contributed by atoms with Crippen LogP contribution in [0, 0.1) is 0 Å². The molecule has 0 fully saturated rings. The van der Waals surface area contributed by atoms with Crippen molar-refractivity contribution in [1.82, 2.24) is 5.32 Å². The highest BCUT2D eigenvalue weighted by Crippen LogP contribution is 2.26. The highest BCUT2D eigenvalue weighted by Gasteiger charge is 2.31. The molecule has 0 aromatic heterocycles. The van der Waals surface area contributed by atoms with E-state index in [4.69, 9.17) is 34.8 Å². The molecule has 0 aliphatic carbocycles. The van der Waals surface area contributed by atoms with Gasteiger partial charge in [-0.15, -0.1) is 6.58 Å². The van der Waals surface area contributed by atoms with Crippen molar-refractivity contribution in [3.63, 3.8) is 0 Å². The minimum absolute atomic E-state index is 0.229. The van der Waals surface area contributed by atoms with Crippen LogP contribution in [0.15, 0.2) is 12.7 Å². The molecule has 0 aromatic rings. The standard InChI is InChI=1S/C6H7BrCl3NO/c1-2-4(3-7)11-5(12)6(8,9)10/h2,4H,1,3H2,(H,11,12)/t4-/m1/s1. The van der Waals surface area contributed by atoms with Crippen LogP contribution in [0.2, 0.25) is 0 Å². The Hall–Kier alpha value is 0.560. The Bertz CT molecular complexity index is 180. The summed E-state index contributed by atoms with van der Waals surface area (Å²) in [4.78, 5) is 11.0. The van der Waals surface area contributed by atoms with E-state index < -0.39 is 9.70 Å². The molecule has 0 aliphatic rings. The second-order valence-corrected chi connectivity index (χ2v) is 4.90. The molecule has 0 saturated heterocycles. The van der Waals surface area contributed by atoms with Gasteiger partial charge in [-0.3, -0.25) is 4.79 Å². The maximum absolute atomic E-state index is 11.0. The summed E-state index contributed by atoms with van der Waals surface area (Å²) < 4.78 is -1.91. The van der Waals surface area contributed by atoms with Crippen LogP contribution in [0.4, 0.5) is 0 Å². The Balaban J connectivity index is 4.08.